The first kappa shape index (κ1) is 21.3. The first-order chi connectivity index (χ1) is 16.3. The third-order valence-corrected chi connectivity index (χ3v) is 4.97. The maximum absolute atomic E-state index is 13.8. The van der Waals surface area contributed by atoms with Crippen LogP contribution in [0.25, 0.3) is 39.9 Å². The molecule has 0 aliphatic heterocycles. The Morgan fingerprint density at radius 2 is 1.79 bits per heavy atom. The molecule has 0 fully saturated rings. The molecule has 0 spiro atoms. The number of rotatable bonds is 4. The average molecular weight is 469 g/mol. The van der Waals surface area contributed by atoms with Gasteiger partial charge in [0.05, 0.1) is 12.7 Å². The Labute approximate surface area is 188 Å². The molecule has 13 heteroatoms. The molecule has 1 N–H and O–H groups in total. The minimum Gasteiger partial charge on any atom is -0.481 e. The van der Waals surface area contributed by atoms with E-state index in [1.165, 1.54) is 38.4 Å². The Balaban J connectivity index is 1.71. The van der Waals surface area contributed by atoms with Gasteiger partial charge in [-0.1, -0.05) is 30.3 Å². The number of aromatic amines is 1. The molecule has 0 saturated heterocycles. The Bertz CT molecular complexity index is 1570. The maximum Gasteiger partial charge on any atom is 0.435 e. The Morgan fingerprint density at radius 3 is 2.50 bits per heavy atom. The zero-order valence-electron chi connectivity index (χ0n) is 17.6. The van der Waals surface area contributed by atoms with Gasteiger partial charge >= 0.3 is 6.18 Å². The molecule has 0 radical (unpaired) electrons. The standard InChI is InChI=1S/C21H14F3N7O3/c1-10-13(18-28-29-19(34-18)16-25-9-8-12(27-16)33-2)20(32)31-17(26-10)14(11-6-4-3-5-7-11)15(30-31)21(22,23)24/h3-9,26H,1-2H3. The molecule has 1 aromatic carbocycles. The summed E-state index contributed by atoms with van der Waals surface area (Å²) in [5.41, 5.74) is -2.07. The quantitative estimate of drug-likeness (QED) is 0.424. The minimum absolute atomic E-state index is 0.0538. The normalized spacial score (nSPS) is 11.8. The third kappa shape index (κ3) is 3.46. The monoisotopic (exact) mass is 469 g/mol. The van der Waals surface area contributed by atoms with E-state index in [0.29, 0.717) is 4.52 Å². The number of alkyl halides is 3. The topological polar surface area (TPSA) is 124 Å². The highest BCUT2D eigenvalue weighted by Crippen LogP contribution is 2.38. The van der Waals surface area contributed by atoms with Crippen LogP contribution in [0.3, 0.4) is 0 Å². The SMILES string of the molecule is COc1ccnc(-c2nnc(-c3c(C)[nH]c4c(-c5ccccc5)c(C(F)(F)F)nn4c3=O)o2)n1. The highest BCUT2D eigenvalue weighted by atomic mass is 19.4. The molecule has 5 aromatic rings. The van der Waals surface area contributed by atoms with Crippen LogP contribution < -0.4 is 10.3 Å². The first-order valence-electron chi connectivity index (χ1n) is 9.77. The molecule has 10 nitrogen and oxygen atoms in total. The second-order valence-electron chi connectivity index (χ2n) is 7.11. The number of methoxy groups -OCH3 is 1. The lowest BCUT2D eigenvalue weighted by molar-refractivity contribution is -0.140. The van der Waals surface area contributed by atoms with Crippen molar-refractivity contribution >= 4 is 5.65 Å². The van der Waals surface area contributed by atoms with Crippen LogP contribution in [0.1, 0.15) is 11.4 Å². The van der Waals surface area contributed by atoms with Crippen molar-refractivity contribution in [3.63, 3.8) is 0 Å². The molecule has 34 heavy (non-hydrogen) atoms. The largest absolute Gasteiger partial charge is 0.481 e. The third-order valence-electron chi connectivity index (χ3n) is 4.97. The fourth-order valence-electron chi connectivity index (χ4n) is 3.49. The summed E-state index contributed by atoms with van der Waals surface area (Å²) in [6.07, 6.45) is -3.38. The van der Waals surface area contributed by atoms with Crippen LogP contribution in [0.4, 0.5) is 13.2 Å². The van der Waals surface area contributed by atoms with Crippen LogP contribution in [-0.4, -0.2) is 41.9 Å². The number of aryl methyl sites for hydroxylation is 1. The van der Waals surface area contributed by atoms with E-state index < -0.39 is 17.4 Å². The van der Waals surface area contributed by atoms with Gasteiger partial charge in [-0.2, -0.15) is 27.8 Å². The molecule has 4 aromatic heterocycles. The number of halogens is 3. The molecule has 0 aliphatic carbocycles. The van der Waals surface area contributed by atoms with E-state index in [0.717, 1.165) is 0 Å². The van der Waals surface area contributed by atoms with E-state index in [-0.39, 0.29) is 51.5 Å². The van der Waals surface area contributed by atoms with E-state index in [2.05, 4.69) is 30.2 Å². The van der Waals surface area contributed by atoms with Gasteiger partial charge < -0.3 is 14.1 Å². The first-order valence-corrected chi connectivity index (χ1v) is 9.77. The molecule has 0 unspecified atom stereocenters. The van der Waals surface area contributed by atoms with Gasteiger partial charge in [0.15, 0.2) is 5.69 Å². The van der Waals surface area contributed by atoms with E-state index in [9.17, 15) is 18.0 Å². The highest BCUT2D eigenvalue weighted by Gasteiger charge is 2.39. The van der Waals surface area contributed by atoms with Gasteiger partial charge in [-0.3, -0.25) is 4.79 Å². The number of hydrogen-bond donors (Lipinski definition) is 1. The number of fused-ring (bicyclic) bond motifs is 1. The zero-order valence-corrected chi connectivity index (χ0v) is 17.6. The van der Waals surface area contributed by atoms with Crippen LogP contribution in [0, 0.1) is 6.92 Å². The second-order valence-corrected chi connectivity index (χ2v) is 7.11. The summed E-state index contributed by atoms with van der Waals surface area (Å²) in [5.74, 6) is -0.0236. The minimum atomic E-state index is -4.80. The van der Waals surface area contributed by atoms with Crippen molar-refractivity contribution in [2.45, 2.75) is 13.1 Å². The summed E-state index contributed by atoms with van der Waals surface area (Å²) in [6, 6.07) is 9.40. The lowest BCUT2D eigenvalue weighted by atomic mass is 10.1. The van der Waals surface area contributed by atoms with E-state index in [1.807, 2.05) is 0 Å². The summed E-state index contributed by atoms with van der Waals surface area (Å²) >= 11 is 0. The van der Waals surface area contributed by atoms with Crippen molar-refractivity contribution in [1.82, 2.24) is 34.8 Å². The maximum atomic E-state index is 13.8. The smallest absolute Gasteiger partial charge is 0.435 e. The second kappa shape index (κ2) is 7.79. The van der Waals surface area contributed by atoms with Gasteiger partial charge in [0.2, 0.25) is 11.7 Å². The fraction of sp³-hybridized carbons (Fsp3) is 0.143. The molecule has 0 atom stereocenters. The summed E-state index contributed by atoms with van der Waals surface area (Å²) in [6.45, 7) is 1.51. The summed E-state index contributed by atoms with van der Waals surface area (Å²) < 4.78 is 52.7. The van der Waals surface area contributed by atoms with Crippen LogP contribution in [0.2, 0.25) is 0 Å². The number of hydrogen-bond acceptors (Lipinski definition) is 8. The molecule has 0 amide bonds. The van der Waals surface area contributed by atoms with Crippen molar-refractivity contribution in [1.29, 1.82) is 0 Å². The van der Waals surface area contributed by atoms with Crippen molar-refractivity contribution in [3.8, 4) is 40.2 Å². The highest BCUT2D eigenvalue weighted by molar-refractivity contribution is 5.81. The molecular formula is C21H14F3N7O3. The van der Waals surface area contributed by atoms with Gasteiger partial charge in [0.1, 0.15) is 11.2 Å². The van der Waals surface area contributed by atoms with E-state index >= 15 is 0 Å². The van der Waals surface area contributed by atoms with Crippen LogP contribution in [0.5, 0.6) is 5.88 Å². The van der Waals surface area contributed by atoms with Crippen molar-refractivity contribution in [3.05, 3.63) is 64.3 Å². The van der Waals surface area contributed by atoms with Crippen LogP contribution in [-0.2, 0) is 6.18 Å². The summed E-state index contributed by atoms with van der Waals surface area (Å²) in [4.78, 5) is 24.2. The van der Waals surface area contributed by atoms with Gasteiger partial charge in [-0.25, -0.2) is 4.98 Å². The van der Waals surface area contributed by atoms with E-state index in [4.69, 9.17) is 9.15 Å². The number of ether oxygens (including phenoxy) is 1. The van der Waals surface area contributed by atoms with Gasteiger partial charge in [-0.05, 0) is 12.5 Å². The van der Waals surface area contributed by atoms with Gasteiger partial charge in [0, 0.05) is 18.0 Å². The molecule has 0 bridgehead atoms. The number of nitrogens with one attached hydrogen (secondary N) is 1. The molecule has 5 rings (SSSR count). The predicted molar refractivity (Wildman–Crippen MR) is 112 cm³/mol. The summed E-state index contributed by atoms with van der Waals surface area (Å²) in [5, 5.41) is 11.3. The lowest BCUT2D eigenvalue weighted by Crippen LogP contribution is -2.20. The molecule has 172 valence electrons. The number of nitrogens with zero attached hydrogens (tertiary/aromatic N) is 6. The average Bonchev–Trinajstić information content (AvgIpc) is 3.45. The zero-order chi connectivity index (χ0) is 24.0. The molecular weight excluding hydrogens is 455 g/mol. The predicted octanol–water partition coefficient (Wildman–Crippen LogP) is 3.53. The Hall–Kier alpha value is -4.55. The van der Waals surface area contributed by atoms with Crippen molar-refractivity contribution in [2.75, 3.05) is 7.11 Å². The van der Waals surface area contributed by atoms with Crippen molar-refractivity contribution in [2.24, 2.45) is 0 Å². The molecule has 0 saturated carbocycles. The number of benzene rings is 1. The number of aromatic nitrogens is 7. The number of H-pyrrole nitrogens is 1. The molecule has 0 aliphatic rings. The fourth-order valence-corrected chi connectivity index (χ4v) is 3.49. The lowest BCUT2D eigenvalue weighted by Gasteiger charge is -2.07. The van der Waals surface area contributed by atoms with Crippen LogP contribution in [0.15, 0.2) is 51.8 Å². The Morgan fingerprint density at radius 1 is 1.06 bits per heavy atom. The van der Waals surface area contributed by atoms with Gasteiger partial charge in [-0.15, -0.1) is 10.2 Å². The van der Waals surface area contributed by atoms with Gasteiger partial charge in [0.25, 0.3) is 17.3 Å². The summed E-state index contributed by atoms with van der Waals surface area (Å²) in [7, 11) is 1.42. The van der Waals surface area contributed by atoms with E-state index in [1.54, 1.807) is 18.2 Å². The molecule has 4 heterocycles. The Kier molecular flexibility index (Phi) is 4.88. The van der Waals surface area contributed by atoms with Crippen LogP contribution >= 0.6 is 0 Å². The van der Waals surface area contributed by atoms with Crippen molar-refractivity contribution < 1.29 is 22.3 Å².